The maximum absolute atomic E-state index is 13.4. The number of nitrogens with zero attached hydrogens (tertiary/aromatic N) is 5. The Balaban J connectivity index is 1.18. The number of aliphatic hydroxyl groups is 1. The highest BCUT2D eigenvalue weighted by molar-refractivity contribution is 6.05. The molecule has 11 nitrogen and oxygen atoms in total. The second-order valence-corrected chi connectivity index (χ2v) is 13.9. The van der Waals surface area contributed by atoms with Gasteiger partial charge in [0, 0.05) is 36.9 Å². The molecule has 4 aromatic rings. The predicted molar refractivity (Wildman–Crippen MR) is 188 cm³/mol. The van der Waals surface area contributed by atoms with Crippen molar-refractivity contribution < 1.29 is 14.6 Å². The predicted octanol–water partition coefficient (Wildman–Crippen LogP) is 6.12. The summed E-state index contributed by atoms with van der Waals surface area (Å²) in [5.74, 6) is 2.08. The lowest BCUT2D eigenvalue weighted by atomic mass is 9.85. The van der Waals surface area contributed by atoms with Gasteiger partial charge in [-0.1, -0.05) is 62.7 Å². The van der Waals surface area contributed by atoms with Crippen LogP contribution >= 0.6 is 0 Å². The number of aliphatic hydroxyl groups excluding tert-OH is 1. The molecule has 48 heavy (non-hydrogen) atoms. The molecule has 0 radical (unpaired) electrons. The molecule has 1 aliphatic heterocycles. The number of nitrogens with two attached hydrogens (primary N) is 1. The number of pyridine rings is 1. The van der Waals surface area contributed by atoms with E-state index in [4.69, 9.17) is 15.5 Å². The Labute approximate surface area is 281 Å². The lowest BCUT2D eigenvalue weighted by Crippen LogP contribution is -2.42. The molecule has 0 unspecified atom stereocenters. The van der Waals surface area contributed by atoms with Gasteiger partial charge < -0.3 is 25.8 Å². The van der Waals surface area contributed by atoms with Gasteiger partial charge >= 0.3 is 6.03 Å². The number of amides is 2. The number of fused-ring (bicyclic) bond motifs is 2. The first-order valence-corrected chi connectivity index (χ1v) is 16.7. The molecule has 0 saturated carbocycles. The van der Waals surface area contributed by atoms with E-state index in [1.807, 2.05) is 92.9 Å². The van der Waals surface area contributed by atoms with Crippen molar-refractivity contribution in [2.24, 2.45) is 22.1 Å². The number of aliphatic imine (C=N–C) groups is 1. The monoisotopic (exact) mass is 650 g/mol. The van der Waals surface area contributed by atoms with Gasteiger partial charge in [0.05, 0.1) is 17.9 Å². The average molecular weight is 651 g/mol. The molecule has 252 valence electrons. The van der Waals surface area contributed by atoms with Gasteiger partial charge in [-0.3, -0.25) is 9.72 Å². The highest BCUT2D eigenvalue weighted by Gasteiger charge is 2.30. The molecule has 0 bridgehead atoms. The van der Waals surface area contributed by atoms with Crippen LogP contribution < -0.4 is 26.0 Å². The number of urea groups is 1. The first-order valence-electron chi connectivity index (χ1n) is 16.7. The summed E-state index contributed by atoms with van der Waals surface area (Å²) < 4.78 is 8.58. The highest BCUT2D eigenvalue weighted by Crippen LogP contribution is 2.39. The van der Waals surface area contributed by atoms with Gasteiger partial charge in [-0.15, -0.1) is 10.2 Å². The summed E-state index contributed by atoms with van der Waals surface area (Å²) in [7, 11) is 0. The molecule has 6 rings (SSSR count). The smallest absolute Gasteiger partial charge is 0.320 e. The lowest BCUT2D eigenvalue weighted by molar-refractivity contribution is 0.171. The molecule has 5 N–H and O–H groups in total. The number of hydrogen-bond acceptors (Lipinski definition) is 8. The SMILES string of the molecule is Cc1ccc(N=C(/C=C(\N)C(C)(C)C)NC(=O)N[C@H]2CC[C@@H](Oc3ccc4nnc(N5CCC[C@@H](CO)C5)n4c3)c3ccccc32)cc1. The standard InChI is InChI=1S/C37H46N8O3/c1-24-11-13-26(14-12-24)39-33(20-32(38)37(2,3)4)41-35(47)40-30-16-17-31(29-10-6-5-9-28(29)30)48-27-15-18-34-42-43-36(45(34)22-27)44-19-7-8-25(21-44)23-46/h5-6,9-15,18,20,22,25,30-31,46H,7-8,16-17,19,21,23,38H2,1-4H3,(H2,39,40,41,47)/b32-20-/t25-,30+,31-/m1/s1. The van der Waals surface area contributed by atoms with E-state index in [1.165, 1.54) is 0 Å². The summed E-state index contributed by atoms with van der Waals surface area (Å²) in [6.45, 7) is 9.87. The molecule has 2 amide bonds. The van der Waals surface area contributed by atoms with Crippen molar-refractivity contribution in [2.45, 2.75) is 65.5 Å². The first kappa shape index (κ1) is 33.0. The molecule has 2 aromatic carbocycles. The Morgan fingerprint density at radius 3 is 2.58 bits per heavy atom. The highest BCUT2D eigenvalue weighted by atomic mass is 16.5. The molecule has 2 aromatic heterocycles. The number of allylic oxidation sites excluding steroid dienone is 1. The Kier molecular flexibility index (Phi) is 9.68. The third kappa shape index (κ3) is 7.62. The molecule has 11 heteroatoms. The van der Waals surface area contributed by atoms with Gasteiger partial charge in [0.2, 0.25) is 5.95 Å². The number of nitrogens with one attached hydrogen (secondary N) is 2. The fourth-order valence-electron chi connectivity index (χ4n) is 6.26. The van der Waals surface area contributed by atoms with E-state index in [1.54, 1.807) is 6.08 Å². The molecule has 2 aliphatic rings. The lowest BCUT2D eigenvalue weighted by Gasteiger charge is -2.32. The zero-order valence-electron chi connectivity index (χ0n) is 28.2. The van der Waals surface area contributed by atoms with Gasteiger partial charge in [-0.2, -0.15) is 0 Å². The van der Waals surface area contributed by atoms with Crippen molar-refractivity contribution >= 4 is 29.1 Å². The summed E-state index contributed by atoms with van der Waals surface area (Å²) in [5, 5.41) is 24.7. The number of benzene rings is 2. The van der Waals surface area contributed by atoms with E-state index in [0.717, 1.165) is 59.9 Å². The summed E-state index contributed by atoms with van der Waals surface area (Å²) >= 11 is 0. The van der Waals surface area contributed by atoms with Crippen LogP contribution in [0, 0.1) is 18.3 Å². The third-order valence-electron chi connectivity index (χ3n) is 9.12. The Bertz CT molecular complexity index is 1810. The number of amidine groups is 1. The number of rotatable bonds is 7. The molecule has 1 fully saturated rings. The molecule has 1 saturated heterocycles. The van der Waals surface area contributed by atoms with Crippen LogP contribution in [0.1, 0.15) is 75.3 Å². The van der Waals surface area contributed by atoms with Gasteiger partial charge in [-0.25, -0.2) is 9.79 Å². The number of carbonyl (C=O) groups excluding carboxylic acids is 1. The van der Waals surface area contributed by atoms with E-state index in [9.17, 15) is 9.90 Å². The van der Waals surface area contributed by atoms with E-state index < -0.39 is 0 Å². The summed E-state index contributed by atoms with van der Waals surface area (Å²) in [6.07, 6.45) is 6.90. The Morgan fingerprint density at radius 1 is 1.06 bits per heavy atom. The van der Waals surface area contributed by atoms with E-state index >= 15 is 0 Å². The van der Waals surface area contributed by atoms with Crippen molar-refractivity contribution in [2.75, 3.05) is 24.6 Å². The van der Waals surface area contributed by atoms with Crippen molar-refractivity contribution in [1.29, 1.82) is 0 Å². The van der Waals surface area contributed by atoms with E-state index in [-0.39, 0.29) is 36.1 Å². The largest absolute Gasteiger partial charge is 0.484 e. The number of aryl methyl sites for hydroxylation is 1. The zero-order chi connectivity index (χ0) is 33.8. The van der Waals surface area contributed by atoms with E-state index in [2.05, 4.69) is 31.8 Å². The Hall–Kier alpha value is -4.90. The number of hydrogen-bond donors (Lipinski definition) is 4. The second-order valence-electron chi connectivity index (χ2n) is 13.9. The average Bonchev–Trinajstić information content (AvgIpc) is 3.50. The quantitative estimate of drug-likeness (QED) is 0.139. The van der Waals surface area contributed by atoms with Gasteiger partial charge in [-0.05, 0) is 73.9 Å². The van der Waals surface area contributed by atoms with Gasteiger partial charge in [0.1, 0.15) is 17.7 Å². The molecule has 1 aliphatic carbocycles. The molecule has 0 spiro atoms. The van der Waals surface area contributed by atoms with Crippen LogP contribution in [0.2, 0.25) is 0 Å². The molecular formula is C37H46N8O3. The van der Waals surface area contributed by atoms with Crippen molar-refractivity contribution in [3.8, 4) is 5.75 Å². The first-order chi connectivity index (χ1) is 23.1. The number of piperidine rings is 1. The molecular weight excluding hydrogens is 604 g/mol. The van der Waals surface area contributed by atoms with Crippen molar-refractivity contribution in [3.05, 3.63) is 95.3 Å². The van der Waals surface area contributed by atoms with E-state index in [0.29, 0.717) is 30.1 Å². The fourth-order valence-corrected chi connectivity index (χ4v) is 6.26. The number of carbonyl (C=O) groups is 1. The maximum Gasteiger partial charge on any atom is 0.320 e. The molecule has 3 atom stereocenters. The molecule has 3 heterocycles. The van der Waals surface area contributed by atoms with Crippen LogP contribution in [0.4, 0.5) is 16.4 Å². The summed E-state index contributed by atoms with van der Waals surface area (Å²) in [5.41, 5.74) is 11.3. The van der Waals surface area contributed by atoms with Crippen molar-refractivity contribution in [3.63, 3.8) is 0 Å². The topological polar surface area (TPSA) is 142 Å². The zero-order valence-corrected chi connectivity index (χ0v) is 28.2. The normalized spacial score (nSPS) is 20.4. The number of ether oxygens (including phenoxy) is 1. The summed E-state index contributed by atoms with van der Waals surface area (Å²) in [6, 6.07) is 19.2. The third-order valence-corrected chi connectivity index (χ3v) is 9.12. The summed E-state index contributed by atoms with van der Waals surface area (Å²) in [4.78, 5) is 20.3. The van der Waals surface area contributed by atoms with Crippen LogP contribution in [-0.2, 0) is 0 Å². The van der Waals surface area contributed by atoms with Gasteiger partial charge in [0.15, 0.2) is 5.65 Å². The number of aromatic nitrogens is 3. The van der Waals surface area contributed by atoms with Crippen molar-refractivity contribution in [1.82, 2.24) is 25.2 Å². The fraction of sp³-hybridized carbons (Fsp3) is 0.405. The van der Waals surface area contributed by atoms with Gasteiger partial charge in [0.25, 0.3) is 0 Å². The van der Waals surface area contributed by atoms with Crippen LogP contribution in [0.25, 0.3) is 5.65 Å². The van der Waals surface area contributed by atoms with Crippen LogP contribution in [0.5, 0.6) is 5.75 Å². The van der Waals surface area contributed by atoms with Crippen LogP contribution in [0.3, 0.4) is 0 Å². The maximum atomic E-state index is 13.4. The minimum absolute atomic E-state index is 0.172. The Morgan fingerprint density at radius 2 is 1.83 bits per heavy atom. The minimum atomic E-state index is -0.357. The minimum Gasteiger partial charge on any atom is -0.484 e. The number of anilines is 1. The van der Waals surface area contributed by atoms with Crippen LogP contribution in [-0.4, -0.2) is 51.3 Å². The van der Waals surface area contributed by atoms with Crippen LogP contribution in [0.15, 0.2) is 83.6 Å². The second kappa shape index (κ2) is 14.1.